The third kappa shape index (κ3) is 4.14. The van der Waals surface area contributed by atoms with Crippen LogP contribution < -0.4 is 5.32 Å². The zero-order valence-corrected chi connectivity index (χ0v) is 11.8. The summed E-state index contributed by atoms with van der Waals surface area (Å²) < 4.78 is 0. The number of hydrogen-bond donors (Lipinski definition) is 2. The fourth-order valence-electron chi connectivity index (χ4n) is 1.60. The van der Waals surface area contributed by atoms with E-state index in [0.29, 0.717) is 17.7 Å². The highest BCUT2D eigenvalue weighted by Gasteiger charge is 2.11. The molecule has 0 atom stereocenters. The van der Waals surface area contributed by atoms with Crippen LogP contribution in [0.2, 0.25) is 0 Å². The van der Waals surface area contributed by atoms with Crippen molar-refractivity contribution in [1.82, 2.24) is 0 Å². The first-order chi connectivity index (χ1) is 8.56. The van der Waals surface area contributed by atoms with Gasteiger partial charge in [-0.25, -0.2) is 4.79 Å². The summed E-state index contributed by atoms with van der Waals surface area (Å²) in [7, 11) is 0. The van der Waals surface area contributed by atoms with Crippen LogP contribution >= 0.6 is 15.9 Å². The van der Waals surface area contributed by atoms with E-state index < -0.39 is 5.97 Å². The summed E-state index contributed by atoms with van der Waals surface area (Å²) in [6, 6.07) is 4.87. The topological polar surface area (TPSA) is 66.4 Å². The van der Waals surface area contributed by atoms with E-state index >= 15 is 0 Å². The van der Waals surface area contributed by atoms with Crippen molar-refractivity contribution in [3.63, 3.8) is 0 Å². The third-order valence-electron chi connectivity index (χ3n) is 2.63. The van der Waals surface area contributed by atoms with E-state index in [-0.39, 0.29) is 11.5 Å². The quantitative estimate of drug-likeness (QED) is 0.626. The molecule has 0 aromatic heterocycles. The molecule has 1 aromatic carbocycles. The van der Waals surface area contributed by atoms with Gasteiger partial charge in [-0.15, -0.1) is 0 Å². The Labute approximate surface area is 115 Å². The molecule has 1 rings (SSSR count). The Hall–Kier alpha value is -1.36. The van der Waals surface area contributed by atoms with Crippen LogP contribution in [0.5, 0.6) is 0 Å². The number of benzene rings is 1. The van der Waals surface area contributed by atoms with Gasteiger partial charge in [-0.1, -0.05) is 22.0 Å². The summed E-state index contributed by atoms with van der Waals surface area (Å²) in [5.41, 5.74) is 1.37. The molecule has 2 N–H and O–H groups in total. The molecule has 1 aromatic rings. The Kier molecular flexibility index (Phi) is 5.85. The highest BCUT2D eigenvalue weighted by atomic mass is 79.9. The number of alkyl halides is 1. The van der Waals surface area contributed by atoms with E-state index in [1.807, 2.05) is 0 Å². The molecule has 0 heterocycles. The Morgan fingerprint density at radius 3 is 2.67 bits per heavy atom. The molecule has 18 heavy (non-hydrogen) atoms. The highest BCUT2D eigenvalue weighted by Crippen LogP contribution is 2.19. The number of anilines is 1. The van der Waals surface area contributed by atoms with E-state index in [4.69, 9.17) is 5.11 Å². The molecule has 0 aliphatic carbocycles. The van der Waals surface area contributed by atoms with Crippen LogP contribution in [-0.2, 0) is 4.79 Å². The van der Waals surface area contributed by atoms with Gasteiger partial charge in [0.25, 0.3) is 0 Å². The number of nitrogens with one attached hydrogen (secondary N) is 1. The number of rotatable bonds is 6. The summed E-state index contributed by atoms with van der Waals surface area (Å²) in [5.74, 6) is -1.07. The van der Waals surface area contributed by atoms with Gasteiger partial charge in [-0.3, -0.25) is 4.79 Å². The summed E-state index contributed by atoms with van der Waals surface area (Å²) in [5, 5.41) is 12.6. The van der Waals surface area contributed by atoms with Gasteiger partial charge >= 0.3 is 5.97 Å². The van der Waals surface area contributed by atoms with Gasteiger partial charge < -0.3 is 10.4 Å². The molecule has 5 heteroatoms. The first-order valence-corrected chi connectivity index (χ1v) is 6.87. The third-order valence-corrected chi connectivity index (χ3v) is 3.19. The number of hydrogen-bond acceptors (Lipinski definition) is 2. The molecule has 0 radical (unpaired) electrons. The minimum atomic E-state index is -0.983. The first-order valence-electron chi connectivity index (χ1n) is 5.75. The van der Waals surface area contributed by atoms with Crippen LogP contribution in [0.4, 0.5) is 5.69 Å². The molecule has 0 aliphatic rings. The molecule has 0 unspecified atom stereocenters. The molecule has 0 saturated carbocycles. The maximum atomic E-state index is 11.6. The van der Waals surface area contributed by atoms with Gasteiger partial charge in [-0.05, 0) is 37.5 Å². The average molecular weight is 314 g/mol. The predicted molar refractivity (Wildman–Crippen MR) is 74.4 cm³/mol. The van der Waals surface area contributed by atoms with Crippen LogP contribution in [0.25, 0.3) is 0 Å². The average Bonchev–Trinajstić information content (AvgIpc) is 2.32. The van der Waals surface area contributed by atoms with E-state index in [0.717, 1.165) is 18.2 Å². The lowest BCUT2D eigenvalue weighted by Crippen LogP contribution is -2.13. The van der Waals surface area contributed by atoms with Crippen molar-refractivity contribution < 1.29 is 14.7 Å². The van der Waals surface area contributed by atoms with Crippen LogP contribution in [0, 0.1) is 6.92 Å². The van der Waals surface area contributed by atoms with Gasteiger partial charge in [0, 0.05) is 17.4 Å². The number of aromatic carboxylic acids is 1. The fraction of sp³-hybridized carbons (Fsp3) is 0.385. The van der Waals surface area contributed by atoms with E-state index in [2.05, 4.69) is 21.2 Å². The molecule has 98 valence electrons. The van der Waals surface area contributed by atoms with E-state index in [9.17, 15) is 9.59 Å². The van der Waals surface area contributed by atoms with Crippen LogP contribution in [-0.4, -0.2) is 22.3 Å². The van der Waals surface area contributed by atoms with Crippen molar-refractivity contribution in [2.45, 2.75) is 26.2 Å². The molecule has 0 aliphatic heterocycles. The zero-order chi connectivity index (χ0) is 13.5. The zero-order valence-electron chi connectivity index (χ0n) is 10.2. The normalized spacial score (nSPS) is 10.1. The minimum Gasteiger partial charge on any atom is -0.478 e. The van der Waals surface area contributed by atoms with Gasteiger partial charge in [-0.2, -0.15) is 0 Å². The van der Waals surface area contributed by atoms with Crippen LogP contribution in [0.3, 0.4) is 0 Å². The summed E-state index contributed by atoms with van der Waals surface area (Å²) in [6.45, 7) is 1.69. The maximum Gasteiger partial charge on any atom is 0.336 e. The smallest absolute Gasteiger partial charge is 0.336 e. The SMILES string of the molecule is Cc1c(NC(=O)CCCCBr)cccc1C(=O)O. The van der Waals surface area contributed by atoms with Crippen molar-refractivity contribution in [1.29, 1.82) is 0 Å². The molecule has 0 bridgehead atoms. The number of carboxylic acids is 1. The van der Waals surface area contributed by atoms with Crippen molar-refractivity contribution in [2.75, 3.05) is 10.6 Å². The Morgan fingerprint density at radius 2 is 2.06 bits per heavy atom. The Morgan fingerprint density at radius 1 is 1.33 bits per heavy atom. The standard InChI is InChI=1S/C13H16BrNO3/c1-9-10(13(17)18)5-4-6-11(9)15-12(16)7-2-3-8-14/h4-6H,2-3,7-8H2,1H3,(H,15,16)(H,17,18). The molecular weight excluding hydrogens is 298 g/mol. The molecule has 0 saturated heterocycles. The molecular formula is C13H16BrNO3. The number of amides is 1. The number of carbonyl (C=O) groups excluding carboxylic acids is 1. The van der Waals surface area contributed by atoms with Crippen LogP contribution in [0.1, 0.15) is 35.2 Å². The van der Waals surface area contributed by atoms with Gasteiger partial charge in [0.05, 0.1) is 5.56 Å². The van der Waals surface area contributed by atoms with Crippen molar-refractivity contribution in [2.24, 2.45) is 0 Å². The fourth-order valence-corrected chi connectivity index (χ4v) is 1.99. The maximum absolute atomic E-state index is 11.6. The highest BCUT2D eigenvalue weighted by molar-refractivity contribution is 9.09. The van der Waals surface area contributed by atoms with Crippen LogP contribution in [0.15, 0.2) is 18.2 Å². The molecule has 1 amide bonds. The van der Waals surface area contributed by atoms with Crippen molar-refractivity contribution in [3.05, 3.63) is 29.3 Å². The van der Waals surface area contributed by atoms with Gasteiger partial charge in [0.2, 0.25) is 5.91 Å². The lowest BCUT2D eigenvalue weighted by atomic mass is 10.1. The minimum absolute atomic E-state index is 0.0819. The second-order valence-electron chi connectivity index (χ2n) is 3.98. The molecule has 0 spiro atoms. The first kappa shape index (κ1) is 14.7. The van der Waals surface area contributed by atoms with Crippen molar-refractivity contribution in [3.8, 4) is 0 Å². The lowest BCUT2D eigenvalue weighted by molar-refractivity contribution is -0.116. The Bertz CT molecular complexity index is 446. The monoisotopic (exact) mass is 313 g/mol. The van der Waals surface area contributed by atoms with E-state index in [1.54, 1.807) is 19.1 Å². The second-order valence-corrected chi connectivity index (χ2v) is 4.77. The summed E-state index contributed by atoms with van der Waals surface area (Å²) in [4.78, 5) is 22.6. The summed E-state index contributed by atoms with van der Waals surface area (Å²) >= 11 is 3.31. The molecule has 4 nitrogen and oxygen atoms in total. The predicted octanol–water partition coefficient (Wildman–Crippen LogP) is 3.20. The van der Waals surface area contributed by atoms with Gasteiger partial charge in [0.1, 0.15) is 0 Å². The molecule has 0 fully saturated rings. The Balaban J connectivity index is 2.70. The second kappa shape index (κ2) is 7.16. The largest absolute Gasteiger partial charge is 0.478 e. The van der Waals surface area contributed by atoms with Crippen molar-refractivity contribution >= 4 is 33.5 Å². The summed E-state index contributed by atoms with van der Waals surface area (Å²) in [6.07, 6.45) is 2.21. The van der Waals surface area contributed by atoms with E-state index in [1.165, 1.54) is 6.07 Å². The number of carboxylic acid groups (broad SMARTS) is 1. The lowest BCUT2D eigenvalue weighted by Gasteiger charge is -2.10. The number of carbonyl (C=O) groups is 2. The number of halogens is 1. The van der Waals surface area contributed by atoms with Gasteiger partial charge in [0.15, 0.2) is 0 Å². The number of unbranched alkanes of at least 4 members (excludes halogenated alkanes) is 1.